The molecule has 6 heteroatoms. The van der Waals surface area contributed by atoms with Gasteiger partial charge in [0, 0.05) is 12.1 Å². The van der Waals surface area contributed by atoms with Crippen molar-refractivity contribution in [1.29, 1.82) is 0 Å². The van der Waals surface area contributed by atoms with E-state index in [0.717, 1.165) is 31.4 Å². The van der Waals surface area contributed by atoms with E-state index < -0.39 is 5.82 Å². The normalized spacial score (nSPS) is 20.3. The van der Waals surface area contributed by atoms with E-state index >= 15 is 0 Å². The summed E-state index contributed by atoms with van der Waals surface area (Å²) in [6.07, 6.45) is 4.96. The van der Waals surface area contributed by atoms with Crippen LogP contribution in [0.25, 0.3) is 0 Å². The number of ether oxygens (including phenoxy) is 1. The number of halogens is 2. The fraction of sp³-hybridized carbons (Fsp3) is 0.381. The Labute approximate surface area is 164 Å². The van der Waals surface area contributed by atoms with E-state index in [1.807, 2.05) is 12.1 Å². The van der Waals surface area contributed by atoms with Crippen molar-refractivity contribution >= 4 is 23.1 Å². The molecule has 0 aromatic heterocycles. The smallest absolute Gasteiger partial charge is 0.146 e. The van der Waals surface area contributed by atoms with Gasteiger partial charge in [-0.2, -0.15) is 0 Å². The van der Waals surface area contributed by atoms with Gasteiger partial charge in [0.25, 0.3) is 0 Å². The first-order chi connectivity index (χ1) is 13.1. The van der Waals surface area contributed by atoms with E-state index in [1.54, 1.807) is 13.2 Å². The Balaban J connectivity index is 1.53. The standard InChI is InChI=1S/C21H24ClFN2O2/c1-27-18-9-6-16(7-10-18)15-4-2-14(3-5-15)12-21(25-26)24-17-8-11-19(22)20(23)13-17/h6-11,13-15,26H,2-5,12H2,1H3,(H,24,25)/t14-,15+. The Morgan fingerprint density at radius 2 is 1.89 bits per heavy atom. The van der Waals surface area contributed by atoms with Gasteiger partial charge in [0.05, 0.1) is 12.1 Å². The van der Waals surface area contributed by atoms with Crippen molar-refractivity contribution in [1.82, 2.24) is 0 Å². The van der Waals surface area contributed by atoms with Crippen molar-refractivity contribution in [3.63, 3.8) is 0 Å². The molecule has 27 heavy (non-hydrogen) atoms. The van der Waals surface area contributed by atoms with Crippen LogP contribution < -0.4 is 10.1 Å². The Morgan fingerprint density at radius 1 is 1.19 bits per heavy atom. The first-order valence-electron chi connectivity index (χ1n) is 9.16. The second kappa shape index (κ2) is 9.09. The molecule has 2 aromatic rings. The number of oxime groups is 1. The number of rotatable bonds is 5. The third kappa shape index (κ3) is 5.13. The number of nitrogens with one attached hydrogen (secondary N) is 1. The van der Waals surface area contributed by atoms with Crippen LogP contribution in [0.1, 0.15) is 43.6 Å². The van der Waals surface area contributed by atoms with E-state index in [1.165, 1.54) is 17.7 Å². The molecule has 1 aliphatic rings. The Morgan fingerprint density at radius 3 is 2.48 bits per heavy atom. The lowest BCUT2D eigenvalue weighted by Crippen LogP contribution is -2.21. The molecule has 0 atom stereocenters. The van der Waals surface area contributed by atoms with Gasteiger partial charge in [0.2, 0.25) is 0 Å². The van der Waals surface area contributed by atoms with Crippen molar-refractivity contribution < 1.29 is 14.3 Å². The van der Waals surface area contributed by atoms with Gasteiger partial charge in [-0.3, -0.25) is 0 Å². The summed E-state index contributed by atoms with van der Waals surface area (Å²) >= 11 is 5.70. The predicted molar refractivity (Wildman–Crippen MR) is 107 cm³/mol. The van der Waals surface area contributed by atoms with E-state index in [0.29, 0.717) is 29.8 Å². The SMILES string of the molecule is COc1ccc([C@H]2CC[C@@H](C/C(=N/O)Nc3ccc(Cl)c(F)c3)CC2)cc1. The first kappa shape index (κ1) is 19.5. The molecule has 4 nitrogen and oxygen atoms in total. The van der Waals surface area contributed by atoms with Crippen molar-refractivity contribution in [2.75, 3.05) is 12.4 Å². The summed E-state index contributed by atoms with van der Waals surface area (Å²) in [4.78, 5) is 0. The Bertz CT molecular complexity index is 787. The second-order valence-electron chi connectivity index (χ2n) is 7.00. The van der Waals surface area contributed by atoms with Gasteiger partial charge in [-0.25, -0.2) is 4.39 Å². The van der Waals surface area contributed by atoms with Crippen LogP contribution in [-0.2, 0) is 0 Å². The summed E-state index contributed by atoms with van der Waals surface area (Å²) in [6.45, 7) is 0. The van der Waals surface area contributed by atoms with Crippen LogP contribution in [0, 0.1) is 11.7 Å². The van der Waals surface area contributed by atoms with Crippen LogP contribution in [0.2, 0.25) is 5.02 Å². The molecule has 1 fully saturated rings. The lowest BCUT2D eigenvalue weighted by molar-refractivity contribution is 0.306. The van der Waals surface area contributed by atoms with Gasteiger partial charge >= 0.3 is 0 Å². The number of benzene rings is 2. The van der Waals surface area contributed by atoms with Gasteiger partial charge in [0.1, 0.15) is 17.4 Å². The topological polar surface area (TPSA) is 53.9 Å². The maximum Gasteiger partial charge on any atom is 0.146 e. The largest absolute Gasteiger partial charge is 0.497 e. The molecule has 2 N–H and O–H groups in total. The van der Waals surface area contributed by atoms with Crippen molar-refractivity contribution in [3.8, 4) is 5.75 Å². The molecule has 3 rings (SSSR count). The summed E-state index contributed by atoms with van der Waals surface area (Å²) < 4.78 is 18.8. The average Bonchev–Trinajstić information content (AvgIpc) is 2.71. The van der Waals surface area contributed by atoms with Crippen molar-refractivity contribution in [2.24, 2.45) is 11.1 Å². The van der Waals surface area contributed by atoms with Gasteiger partial charge in [-0.1, -0.05) is 28.9 Å². The summed E-state index contributed by atoms with van der Waals surface area (Å²) in [7, 11) is 1.67. The van der Waals surface area contributed by atoms with E-state index in [4.69, 9.17) is 16.3 Å². The highest BCUT2D eigenvalue weighted by Gasteiger charge is 2.24. The van der Waals surface area contributed by atoms with Crippen LogP contribution >= 0.6 is 11.6 Å². The van der Waals surface area contributed by atoms with Crippen molar-refractivity contribution in [2.45, 2.75) is 38.0 Å². The molecule has 0 spiro atoms. The number of hydrogen-bond donors (Lipinski definition) is 2. The van der Waals surface area contributed by atoms with E-state index in [-0.39, 0.29) is 5.02 Å². The number of hydrogen-bond acceptors (Lipinski definition) is 3. The number of methoxy groups -OCH3 is 1. The average molecular weight is 391 g/mol. The molecule has 144 valence electrons. The number of anilines is 1. The molecular formula is C21H24ClFN2O2. The molecular weight excluding hydrogens is 367 g/mol. The van der Waals surface area contributed by atoms with Gasteiger partial charge < -0.3 is 15.3 Å². The van der Waals surface area contributed by atoms with Crippen LogP contribution in [0.5, 0.6) is 5.75 Å². The zero-order chi connectivity index (χ0) is 19.2. The zero-order valence-electron chi connectivity index (χ0n) is 15.3. The maximum absolute atomic E-state index is 13.6. The molecule has 2 aromatic carbocycles. The van der Waals surface area contributed by atoms with E-state index in [9.17, 15) is 9.60 Å². The molecule has 0 aliphatic heterocycles. The highest BCUT2D eigenvalue weighted by atomic mass is 35.5. The molecule has 0 radical (unpaired) electrons. The molecule has 0 heterocycles. The number of amidine groups is 1. The zero-order valence-corrected chi connectivity index (χ0v) is 16.0. The fourth-order valence-electron chi connectivity index (χ4n) is 3.71. The van der Waals surface area contributed by atoms with Crippen LogP contribution in [0.4, 0.5) is 10.1 Å². The second-order valence-corrected chi connectivity index (χ2v) is 7.40. The highest BCUT2D eigenvalue weighted by Crippen LogP contribution is 2.37. The Kier molecular flexibility index (Phi) is 6.56. The lowest BCUT2D eigenvalue weighted by Gasteiger charge is -2.29. The fourth-order valence-corrected chi connectivity index (χ4v) is 3.82. The lowest BCUT2D eigenvalue weighted by atomic mass is 9.77. The summed E-state index contributed by atoms with van der Waals surface area (Å²) in [6, 6.07) is 12.7. The minimum absolute atomic E-state index is 0.0693. The monoisotopic (exact) mass is 390 g/mol. The predicted octanol–water partition coefficient (Wildman–Crippen LogP) is 6.05. The van der Waals surface area contributed by atoms with Gasteiger partial charge in [-0.05, 0) is 73.4 Å². The Hall–Kier alpha value is -2.27. The quantitative estimate of drug-likeness (QED) is 0.283. The molecule has 0 amide bonds. The summed E-state index contributed by atoms with van der Waals surface area (Å²) in [5.74, 6) is 1.82. The third-order valence-electron chi connectivity index (χ3n) is 5.24. The maximum atomic E-state index is 13.6. The van der Waals surface area contributed by atoms with Crippen LogP contribution in [-0.4, -0.2) is 18.2 Å². The van der Waals surface area contributed by atoms with Crippen molar-refractivity contribution in [3.05, 3.63) is 58.9 Å². The number of nitrogens with zero attached hydrogens (tertiary/aromatic N) is 1. The van der Waals surface area contributed by atoms with Crippen LogP contribution in [0.15, 0.2) is 47.6 Å². The van der Waals surface area contributed by atoms with E-state index in [2.05, 4.69) is 22.6 Å². The molecule has 0 bridgehead atoms. The first-order valence-corrected chi connectivity index (χ1v) is 9.53. The van der Waals surface area contributed by atoms with Gasteiger partial charge in [0.15, 0.2) is 0 Å². The van der Waals surface area contributed by atoms with Crippen LogP contribution in [0.3, 0.4) is 0 Å². The summed E-state index contributed by atoms with van der Waals surface area (Å²) in [5.41, 5.74) is 1.87. The molecule has 0 unspecified atom stereocenters. The highest BCUT2D eigenvalue weighted by molar-refractivity contribution is 6.30. The van der Waals surface area contributed by atoms with Gasteiger partial charge in [-0.15, -0.1) is 0 Å². The summed E-state index contributed by atoms with van der Waals surface area (Å²) in [5, 5.41) is 15.7. The molecule has 1 aliphatic carbocycles. The minimum atomic E-state index is -0.501. The molecule has 1 saturated carbocycles. The minimum Gasteiger partial charge on any atom is -0.497 e. The molecule has 0 saturated heterocycles. The third-order valence-corrected chi connectivity index (χ3v) is 5.55.